The first-order chi connectivity index (χ1) is 8.67. The van der Waals surface area contributed by atoms with Gasteiger partial charge in [0, 0.05) is 5.69 Å². The van der Waals surface area contributed by atoms with Crippen molar-refractivity contribution < 1.29 is 4.79 Å². The molecule has 3 rings (SSSR count). The molecule has 0 radical (unpaired) electrons. The molecule has 18 heavy (non-hydrogen) atoms. The Morgan fingerprint density at radius 3 is 2.94 bits per heavy atom. The number of rotatable bonds is 2. The van der Waals surface area contributed by atoms with Crippen molar-refractivity contribution in [2.75, 3.05) is 5.32 Å². The summed E-state index contributed by atoms with van der Waals surface area (Å²) in [6.07, 6.45) is 3.62. The number of carbonyl (C=O) groups is 1. The Labute approximate surface area is 109 Å². The number of carbonyl (C=O) groups excluding carboxylic acids is 1. The highest BCUT2D eigenvalue weighted by molar-refractivity contribution is 7.16. The molecule has 1 aromatic heterocycles. The van der Waals surface area contributed by atoms with E-state index in [0.717, 1.165) is 41.6 Å². The van der Waals surface area contributed by atoms with E-state index < -0.39 is 5.54 Å². The van der Waals surface area contributed by atoms with E-state index in [2.05, 4.69) is 10.3 Å². The summed E-state index contributed by atoms with van der Waals surface area (Å²) in [6, 6.07) is 5.76. The molecule has 1 heterocycles. The molecule has 2 aromatic rings. The standard InChI is InChI=1S/C13H15N3OS/c14-13(5-1-2-6-13)12(17)16-9-3-4-11-10(7-9)15-8-18-11/h3-4,7-8H,1-2,5-6,14H2,(H,16,17). The Morgan fingerprint density at radius 1 is 1.39 bits per heavy atom. The molecule has 1 amide bonds. The van der Waals surface area contributed by atoms with E-state index in [4.69, 9.17) is 5.73 Å². The lowest BCUT2D eigenvalue weighted by Gasteiger charge is -2.22. The van der Waals surface area contributed by atoms with Gasteiger partial charge in [-0.25, -0.2) is 4.98 Å². The van der Waals surface area contributed by atoms with Crippen LogP contribution in [0.25, 0.3) is 10.2 Å². The van der Waals surface area contributed by atoms with E-state index in [1.807, 2.05) is 18.2 Å². The van der Waals surface area contributed by atoms with Crippen molar-refractivity contribution in [3.8, 4) is 0 Å². The van der Waals surface area contributed by atoms with Gasteiger partial charge in [-0.3, -0.25) is 4.79 Å². The minimum Gasteiger partial charge on any atom is -0.324 e. The molecule has 0 saturated heterocycles. The predicted molar refractivity (Wildman–Crippen MR) is 73.6 cm³/mol. The van der Waals surface area contributed by atoms with Crippen LogP contribution in [-0.2, 0) is 4.79 Å². The largest absolute Gasteiger partial charge is 0.324 e. The number of nitrogens with two attached hydrogens (primary N) is 1. The molecular formula is C13H15N3OS. The van der Waals surface area contributed by atoms with Crippen LogP contribution in [0.1, 0.15) is 25.7 Å². The van der Waals surface area contributed by atoms with Crippen molar-refractivity contribution >= 4 is 33.1 Å². The quantitative estimate of drug-likeness (QED) is 0.872. The lowest BCUT2D eigenvalue weighted by atomic mass is 9.98. The second-order valence-corrected chi connectivity index (χ2v) is 5.74. The van der Waals surface area contributed by atoms with Gasteiger partial charge in [-0.15, -0.1) is 11.3 Å². The van der Waals surface area contributed by atoms with Crippen LogP contribution in [0, 0.1) is 0 Å². The van der Waals surface area contributed by atoms with Crippen LogP contribution in [0.5, 0.6) is 0 Å². The Bertz CT molecular complexity index is 587. The van der Waals surface area contributed by atoms with E-state index >= 15 is 0 Å². The summed E-state index contributed by atoms with van der Waals surface area (Å²) >= 11 is 1.59. The van der Waals surface area contributed by atoms with Gasteiger partial charge < -0.3 is 11.1 Å². The van der Waals surface area contributed by atoms with Gasteiger partial charge in [-0.2, -0.15) is 0 Å². The zero-order chi connectivity index (χ0) is 12.6. The molecule has 0 atom stereocenters. The van der Waals surface area contributed by atoms with Gasteiger partial charge in [0.25, 0.3) is 0 Å². The highest BCUT2D eigenvalue weighted by Crippen LogP contribution is 2.29. The van der Waals surface area contributed by atoms with Crippen molar-refractivity contribution in [3.63, 3.8) is 0 Å². The van der Waals surface area contributed by atoms with Crippen LogP contribution in [0.3, 0.4) is 0 Å². The van der Waals surface area contributed by atoms with Crippen LogP contribution in [-0.4, -0.2) is 16.4 Å². The molecule has 1 aromatic carbocycles. The summed E-state index contributed by atoms with van der Waals surface area (Å²) < 4.78 is 1.12. The molecule has 0 spiro atoms. The third-order valence-corrected chi connectivity index (χ3v) is 4.35. The number of amides is 1. The van der Waals surface area contributed by atoms with Crippen molar-refractivity contribution in [1.29, 1.82) is 0 Å². The fourth-order valence-electron chi connectivity index (χ4n) is 2.42. The lowest BCUT2D eigenvalue weighted by Crippen LogP contribution is -2.48. The smallest absolute Gasteiger partial charge is 0.244 e. The number of anilines is 1. The molecule has 0 bridgehead atoms. The zero-order valence-electron chi connectivity index (χ0n) is 9.98. The molecule has 1 saturated carbocycles. The molecule has 0 unspecified atom stereocenters. The fraction of sp³-hybridized carbons (Fsp3) is 0.385. The van der Waals surface area contributed by atoms with Gasteiger partial charge in [0.15, 0.2) is 0 Å². The minimum atomic E-state index is -0.684. The summed E-state index contributed by atoms with van der Waals surface area (Å²) in [5.41, 5.74) is 8.92. The molecule has 94 valence electrons. The van der Waals surface area contributed by atoms with Gasteiger partial charge in [0.05, 0.1) is 21.3 Å². The van der Waals surface area contributed by atoms with Crippen molar-refractivity contribution in [2.24, 2.45) is 5.73 Å². The highest BCUT2D eigenvalue weighted by Gasteiger charge is 2.36. The van der Waals surface area contributed by atoms with Crippen molar-refractivity contribution in [3.05, 3.63) is 23.7 Å². The summed E-state index contributed by atoms with van der Waals surface area (Å²) in [6.45, 7) is 0. The third kappa shape index (κ3) is 2.00. The second kappa shape index (κ2) is 4.33. The van der Waals surface area contributed by atoms with Crippen LogP contribution in [0.15, 0.2) is 23.7 Å². The van der Waals surface area contributed by atoms with Gasteiger partial charge in [-0.1, -0.05) is 12.8 Å². The Hall–Kier alpha value is -1.46. The van der Waals surface area contributed by atoms with Crippen LogP contribution >= 0.6 is 11.3 Å². The Kier molecular flexibility index (Phi) is 2.80. The maximum Gasteiger partial charge on any atom is 0.244 e. The highest BCUT2D eigenvalue weighted by atomic mass is 32.1. The molecule has 5 heteroatoms. The van der Waals surface area contributed by atoms with Gasteiger partial charge >= 0.3 is 0 Å². The first kappa shape index (κ1) is 11.6. The number of benzene rings is 1. The molecule has 0 aliphatic heterocycles. The second-order valence-electron chi connectivity index (χ2n) is 4.85. The Morgan fingerprint density at radius 2 is 2.17 bits per heavy atom. The number of nitrogens with zero attached hydrogens (tertiary/aromatic N) is 1. The van der Waals surface area contributed by atoms with E-state index in [1.54, 1.807) is 16.8 Å². The SMILES string of the molecule is NC1(C(=O)Nc2ccc3scnc3c2)CCCC1. The van der Waals surface area contributed by atoms with E-state index in [1.165, 1.54) is 0 Å². The Balaban J connectivity index is 1.81. The first-order valence-electron chi connectivity index (χ1n) is 6.11. The van der Waals surface area contributed by atoms with Gasteiger partial charge in [-0.05, 0) is 31.0 Å². The topological polar surface area (TPSA) is 68.0 Å². The summed E-state index contributed by atoms with van der Waals surface area (Å²) in [4.78, 5) is 16.4. The molecule has 3 N–H and O–H groups in total. The molecule has 1 aliphatic rings. The third-order valence-electron chi connectivity index (χ3n) is 3.54. The maximum absolute atomic E-state index is 12.2. The van der Waals surface area contributed by atoms with Gasteiger partial charge in [0.1, 0.15) is 0 Å². The fourth-order valence-corrected chi connectivity index (χ4v) is 3.08. The van der Waals surface area contributed by atoms with E-state index in [-0.39, 0.29) is 5.91 Å². The number of nitrogens with one attached hydrogen (secondary N) is 1. The number of aromatic nitrogens is 1. The zero-order valence-corrected chi connectivity index (χ0v) is 10.8. The average molecular weight is 261 g/mol. The van der Waals surface area contributed by atoms with Crippen LogP contribution < -0.4 is 11.1 Å². The van der Waals surface area contributed by atoms with Crippen molar-refractivity contribution in [2.45, 2.75) is 31.2 Å². The summed E-state index contributed by atoms with van der Waals surface area (Å²) in [7, 11) is 0. The van der Waals surface area contributed by atoms with Crippen molar-refractivity contribution in [1.82, 2.24) is 4.98 Å². The van der Waals surface area contributed by atoms with Crippen LogP contribution in [0.2, 0.25) is 0 Å². The molecular weight excluding hydrogens is 246 g/mol. The van der Waals surface area contributed by atoms with Crippen LogP contribution in [0.4, 0.5) is 5.69 Å². The summed E-state index contributed by atoms with van der Waals surface area (Å²) in [5.74, 6) is -0.0745. The number of thiazole rings is 1. The number of fused-ring (bicyclic) bond motifs is 1. The van der Waals surface area contributed by atoms with E-state index in [0.29, 0.717) is 0 Å². The van der Waals surface area contributed by atoms with E-state index in [9.17, 15) is 4.79 Å². The minimum absolute atomic E-state index is 0.0745. The normalized spacial score (nSPS) is 18.1. The monoisotopic (exact) mass is 261 g/mol. The average Bonchev–Trinajstić information content (AvgIpc) is 2.98. The number of hydrogen-bond donors (Lipinski definition) is 2. The predicted octanol–water partition coefficient (Wildman–Crippen LogP) is 2.51. The molecule has 1 fully saturated rings. The first-order valence-corrected chi connectivity index (χ1v) is 6.99. The van der Waals surface area contributed by atoms with Gasteiger partial charge in [0.2, 0.25) is 5.91 Å². The maximum atomic E-state index is 12.2. The number of hydrogen-bond acceptors (Lipinski definition) is 4. The molecule has 4 nitrogen and oxygen atoms in total. The summed E-state index contributed by atoms with van der Waals surface area (Å²) in [5, 5.41) is 2.91. The lowest BCUT2D eigenvalue weighted by molar-refractivity contribution is -0.120. The molecule has 1 aliphatic carbocycles.